The van der Waals surface area contributed by atoms with Gasteiger partial charge in [0.05, 0.1) is 0 Å². The number of allylic oxidation sites excluding steroid dienone is 16. The van der Waals surface area contributed by atoms with Crippen molar-refractivity contribution < 1.29 is 28.6 Å². The number of carbonyl (C=O) groups is 3. The molecule has 0 aromatic rings. The van der Waals surface area contributed by atoms with Crippen LogP contribution >= 0.6 is 0 Å². The number of carbonyl (C=O) groups excluding carboxylic acids is 3. The lowest BCUT2D eigenvalue weighted by Crippen LogP contribution is -2.30. The van der Waals surface area contributed by atoms with Crippen LogP contribution in [0.3, 0.4) is 0 Å². The maximum absolute atomic E-state index is 12.8. The summed E-state index contributed by atoms with van der Waals surface area (Å²) in [5.74, 6) is -0.983. The minimum atomic E-state index is -0.816. The Kier molecular flexibility index (Phi) is 53.9. The van der Waals surface area contributed by atoms with Crippen LogP contribution < -0.4 is 0 Å². The average Bonchev–Trinajstić information content (AvgIpc) is 3.35. The maximum Gasteiger partial charge on any atom is 0.306 e. The Morgan fingerprint density at radius 2 is 0.580 bits per heavy atom. The third-order valence-electron chi connectivity index (χ3n) is 12.1. The predicted octanol–water partition coefficient (Wildman–Crippen LogP) is 19.3. The second kappa shape index (κ2) is 56.9. The normalized spacial score (nSPS) is 12.8. The first-order valence-corrected chi connectivity index (χ1v) is 28.7. The molecule has 0 unspecified atom stereocenters. The highest BCUT2D eigenvalue weighted by Crippen LogP contribution is 2.15. The monoisotopic (exact) mass is 959 g/mol. The molecule has 0 saturated carbocycles. The van der Waals surface area contributed by atoms with Crippen LogP contribution in [-0.2, 0) is 28.6 Å². The van der Waals surface area contributed by atoms with Gasteiger partial charge in [0.25, 0.3) is 0 Å². The molecule has 6 heteroatoms. The van der Waals surface area contributed by atoms with E-state index >= 15 is 0 Å². The highest BCUT2D eigenvalue weighted by molar-refractivity contribution is 5.71. The van der Waals surface area contributed by atoms with Crippen molar-refractivity contribution in [1.82, 2.24) is 0 Å². The van der Waals surface area contributed by atoms with Crippen molar-refractivity contribution in [2.45, 2.75) is 271 Å². The topological polar surface area (TPSA) is 78.9 Å². The van der Waals surface area contributed by atoms with Crippen molar-refractivity contribution in [2.75, 3.05) is 13.2 Å². The van der Waals surface area contributed by atoms with Gasteiger partial charge in [0, 0.05) is 19.3 Å². The van der Waals surface area contributed by atoms with Crippen molar-refractivity contribution in [2.24, 2.45) is 0 Å². The van der Waals surface area contributed by atoms with Gasteiger partial charge in [0.2, 0.25) is 0 Å². The molecule has 0 radical (unpaired) electrons. The summed E-state index contributed by atoms with van der Waals surface area (Å²) in [6.07, 6.45) is 75.4. The first kappa shape index (κ1) is 65.3. The largest absolute Gasteiger partial charge is 0.462 e. The summed E-state index contributed by atoms with van der Waals surface area (Å²) >= 11 is 0. The molecular formula is C63H106O6. The summed E-state index contributed by atoms with van der Waals surface area (Å²) in [6, 6.07) is 0. The van der Waals surface area contributed by atoms with Crippen LogP contribution in [0.2, 0.25) is 0 Å². The van der Waals surface area contributed by atoms with Crippen molar-refractivity contribution in [3.05, 3.63) is 97.2 Å². The summed E-state index contributed by atoms with van der Waals surface area (Å²) < 4.78 is 16.8. The van der Waals surface area contributed by atoms with Crippen LogP contribution in [0.25, 0.3) is 0 Å². The molecule has 0 heterocycles. The number of esters is 3. The van der Waals surface area contributed by atoms with E-state index in [1.165, 1.54) is 116 Å². The third kappa shape index (κ3) is 55.1. The molecule has 69 heavy (non-hydrogen) atoms. The molecule has 0 aromatic carbocycles. The number of hydrogen-bond donors (Lipinski definition) is 0. The quantitative estimate of drug-likeness (QED) is 0.0262. The van der Waals surface area contributed by atoms with E-state index in [1.54, 1.807) is 0 Å². The first-order chi connectivity index (χ1) is 34.0. The van der Waals surface area contributed by atoms with Crippen LogP contribution in [-0.4, -0.2) is 37.2 Å². The summed E-state index contributed by atoms with van der Waals surface area (Å²) in [6.45, 7) is 6.45. The second-order valence-electron chi connectivity index (χ2n) is 18.8. The first-order valence-electron chi connectivity index (χ1n) is 28.7. The molecule has 0 rings (SSSR count). The van der Waals surface area contributed by atoms with Crippen LogP contribution in [0, 0.1) is 0 Å². The fourth-order valence-corrected chi connectivity index (χ4v) is 7.78. The van der Waals surface area contributed by atoms with Gasteiger partial charge in [-0.2, -0.15) is 0 Å². The summed E-state index contributed by atoms with van der Waals surface area (Å²) in [5, 5.41) is 0. The van der Waals surface area contributed by atoms with E-state index in [-0.39, 0.29) is 37.5 Å². The van der Waals surface area contributed by atoms with Crippen LogP contribution in [0.1, 0.15) is 265 Å². The van der Waals surface area contributed by atoms with E-state index in [1.807, 2.05) is 0 Å². The van der Waals surface area contributed by atoms with E-state index in [2.05, 4.69) is 118 Å². The molecule has 0 bridgehead atoms. The maximum atomic E-state index is 12.8. The minimum Gasteiger partial charge on any atom is -0.462 e. The lowest BCUT2D eigenvalue weighted by atomic mass is 10.0. The van der Waals surface area contributed by atoms with Crippen LogP contribution in [0.4, 0.5) is 0 Å². The highest BCUT2D eigenvalue weighted by atomic mass is 16.6. The lowest BCUT2D eigenvalue weighted by Gasteiger charge is -2.18. The van der Waals surface area contributed by atoms with Crippen molar-refractivity contribution in [1.29, 1.82) is 0 Å². The fourth-order valence-electron chi connectivity index (χ4n) is 7.78. The Hall–Kier alpha value is -3.67. The summed E-state index contributed by atoms with van der Waals surface area (Å²) in [7, 11) is 0. The van der Waals surface area contributed by atoms with Crippen molar-refractivity contribution in [3.63, 3.8) is 0 Å². The molecule has 0 saturated heterocycles. The molecule has 0 aliphatic carbocycles. The van der Waals surface area contributed by atoms with E-state index in [4.69, 9.17) is 14.2 Å². The molecule has 0 N–H and O–H groups in total. The Balaban J connectivity index is 4.50. The average molecular weight is 960 g/mol. The number of unbranched alkanes of at least 4 members (excludes halogenated alkanes) is 24. The van der Waals surface area contributed by atoms with Crippen molar-refractivity contribution >= 4 is 17.9 Å². The van der Waals surface area contributed by atoms with E-state index < -0.39 is 6.10 Å². The molecule has 0 aromatic heterocycles. The zero-order valence-electron chi connectivity index (χ0n) is 45.0. The Labute approximate surface area is 426 Å². The standard InChI is InChI=1S/C63H106O6/c1-4-7-10-13-16-19-22-25-28-31-34-37-40-43-46-49-52-55-61(64)67-58-60(69-63(66)57-54-51-48-45-42-39-36-33-30-27-24-21-18-15-12-9-6-3)59-68-62(65)56-53-50-47-44-41-38-35-32-29-26-23-20-17-14-11-8-5-2/h9,12,16,18-19,21,25,27-28,30,34,36-37,39,45,48,60H,4-8,10-11,13-15,17,20,22-24,26,29,31-33,35,38,40-44,46-47,49-59H2,1-3H3/b12-9-,19-16-,21-18-,28-25-,30-27-,37-34-,39-36-,48-45-/t60-/m1/s1. The molecule has 0 aliphatic rings. The van der Waals surface area contributed by atoms with Gasteiger partial charge in [-0.15, -0.1) is 0 Å². The number of ether oxygens (including phenoxy) is 3. The van der Waals surface area contributed by atoms with Crippen molar-refractivity contribution in [3.8, 4) is 0 Å². The van der Waals surface area contributed by atoms with Gasteiger partial charge in [-0.25, -0.2) is 0 Å². The van der Waals surface area contributed by atoms with Gasteiger partial charge < -0.3 is 14.2 Å². The SMILES string of the molecule is CC/C=C\C/C=C\C/C=C\C/C=C\C/C=C\CCCC(=O)O[C@H](COC(=O)CCCCCC/C=C\C/C=C\C/C=C\CCCCC)COC(=O)CCCCCCCCCCCCCCCCCCC. The summed E-state index contributed by atoms with van der Waals surface area (Å²) in [4.78, 5) is 38.1. The predicted molar refractivity (Wildman–Crippen MR) is 297 cm³/mol. The molecule has 0 fully saturated rings. The van der Waals surface area contributed by atoms with E-state index in [0.29, 0.717) is 19.3 Å². The van der Waals surface area contributed by atoms with Gasteiger partial charge in [-0.1, -0.05) is 246 Å². The fraction of sp³-hybridized carbons (Fsp3) is 0.698. The van der Waals surface area contributed by atoms with Gasteiger partial charge in [-0.3, -0.25) is 14.4 Å². The van der Waals surface area contributed by atoms with E-state index in [0.717, 1.165) is 103 Å². The molecule has 0 amide bonds. The Morgan fingerprint density at radius 1 is 0.304 bits per heavy atom. The number of rotatable bonds is 51. The zero-order valence-corrected chi connectivity index (χ0v) is 45.0. The van der Waals surface area contributed by atoms with Gasteiger partial charge in [-0.05, 0) is 96.3 Å². The molecular weight excluding hydrogens is 853 g/mol. The summed E-state index contributed by atoms with van der Waals surface area (Å²) in [5.41, 5.74) is 0. The Bertz CT molecular complexity index is 1380. The van der Waals surface area contributed by atoms with Gasteiger partial charge >= 0.3 is 17.9 Å². The van der Waals surface area contributed by atoms with Gasteiger partial charge in [0.1, 0.15) is 13.2 Å². The smallest absolute Gasteiger partial charge is 0.306 e. The number of hydrogen-bond acceptors (Lipinski definition) is 6. The molecule has 0 spiro atoms. The molecule has 6 nitrogen and oxygen atoms in total. The molecule has 0 aliphatic heterocycles. The van der Waals surface area contributed by atoms with Crippen LogP contribution in [0.5, 0.6) is 0 Å². The highest BCUT2D eigenvalue weighted by Gasteiger charge is 2.19. The zero-order chi connectivity index (χ0) is 50.0. The van der Waals surface area contributed by atoms with Gasteiger partial charge in [0.15, 0.2) is 6.10 Å². The van der Waals surface area contributed by atoms with E-state index in [9.17, 15) is 14.4 Å². The molecule has 1 atom stereocenters. The Morgan fingerprint density at radius 3 is 0.957 bits per heavy atom. The lowest BCUT2D eigenvalue weighted by molar-refractivity contribution is -0.167. The molecule has 394 valence electrons. The van der Waals surface area contributed by atoms with Crippen LogP contribution in [0.15, 0.2) is 97.2 Å². The minimum absolute atomic E-state index is 0.106. The third-order valence-corrected chi connectivity index (χ3v) is 12.1. The second-order valence-corrected chi connectivity index (χ2v) is 18.8.